The summed E-state index contributed by atoms with van der Waals surface area (Å²) in [5.74, 6) is 2.10. The Morgan fingerprint density at radius 3 is 2.41 bits per heavy atom. The Hall–Kier alpha value is -4.50. The average Bonchev–Trinajstić information content (AvgIpc) is 3.37. The largest absolute Gasteiger partial charge is 0.497 e. The zero-order chi connectivity index (χ0) is 25.4. The van der Waals surface area contributed by atoms with Gasteiger partial charge in [0.25, 0.3) is 5.91 Å². The molecule has 6 rings (SSSR count). The number of rotatable bonds is 5. The molecule has 37 heavy (non-hydrogen) atoms. The van der Waals surface area contributed by atoms with Gasteiger partial charge in [-0.2, -0.15) is 4.52 Å². The molecule has 0 aliphatic carbocycles. The first-order chi connectivity index (χ1) is 18.1. The number of hydrogen-bond donors (Lipinski definition) is 1. The number of nitrogens with one attached hydrogen (secondary N) is 1. The lowest BCUT2D eigenvalue weighted by molar-refractivity contribution is 0.0664. The molecule has 0 bridgehead atoms. The van der Waals surface area contributed by atoms with Crippen LogP contribution in [0.3, 0.4) is 0 Å². The van der Waals surface area contributed by atoms with E-state index in [1.807, 2.05) is 77.7 Å². The number of fused-ring (bicyclic) bond motifs is 3. The first-order valence-electron chi connectivity index (χ1n) is 12.2. The van der Waals surface area contributed by atoms with Crippen LogP contribution >= 0.6 is 0 Å². The molecule has 186 valence electrons. The van der Waals surface area contributed by atoms with Gasteiger partial charge < -0.3 is 19.9 Å². The quantitative estimate of drug-likeness (QED) is 0.395. The summed E-state index contributed by atoms with van der Waals surface area (Å²) >= 11 is 0. The van der Waals surface area contributed by atoms with E-state index in [9.17, 15) is 4.79 Å². The highest BCUT2D eigenvalue weighted by atomic mass is 16.5. The number of benzene rings is 3. The van der Waals surface area contributed by atoms with Crippen molar-refractivity contribution in [1.29, 1.82) is 0 Å². The molecule has 0 saturated carbocycles. The summed E-state index contributed by atoms with van der Waals surface area (Å²) in [5.41, 5.74) is 2.99. The van der Waals surface area contributed by atoms with E-state index in [1.165, 1.54) is 0 Å². The van der Waals surface area contributed by atoms with Gasteiger partial charge in [-0.1, -0.05) is 30.3 Å². The number of ether oxygens (including phenoxy) is 1. The predicted octanol–water partition coefficient (Wildman–Crippen LogP) is 4.08. The van der Waals surface area contributed by atoms with Crippen LogP contribution in [0.4, 0.5) is 11.5 Å². The molecule has 0 spiro atoms. The van der Waals surface area contributed by atoms with Crippen molar-refractivity contribution >= 4 is 33.8 Å². The maximum atomic E-state index is 13.1. The van der Waals surface area contributed by atoms with Gasteiger partial charge in [-0.15, -0.1) is 15.3 Å². The first-order valence-corrected chi connectivity index (χ1v) is 12.2. The van der Waals surface area contributed by atoms with Gasteiger partial charge in [0.2, 0.25) is 0 Å². The van der Waals surface area contributed by atoms with E-state index in [0.29, 0.717) is 22.9 Å². The Morgan fingerprint density at radius 2 is 1.65 bits per heavy atom. The number of carbonyl (C=O) groups is 1. The van der Waals surface area contributed by atoms with Gasteiger partial charge in [-0.05, 0) is 49.5 Å². The molecule has 1 aliphatic rings. The lowest BCUT2D eigenvalue weighted by Gasteiger charge is -2.32. The maximum Gasteiger partial charge on any atom is 0.254 e. The van der Waals surface area contributed by atoms with E-state index in [1.54, 1.807) is 11.6 Å². The van der Waals surface area contributed by atoms with Crippen molar-refractivity contribution < 1.29 is 9.53 Å². The summed E-state index contributed by atoms with van der Waals surface area (Å²) in [7, 11) is 3.72. The Kier molecular flexibility index (Phi) is 5.90. The van der Waals surface area contributed by atoms with Crippen LogP contribution in [-0.4, -0.2) is 75.9 Å². The number of hydrogen-bond acceptors (Lipinski definition) is 7. The minimum atomic E-state index is 0.0469. The van der Waals surface area contributed by atoms with Gasteiger partial charge in [0.15, 0.2) is 17.3 Å². The van der Waals surface area contributed by atoms with E-state index >= 15 is 0 Å². The second-order valence-electron chi connectivity index (χ2n) is 9.18. The fourth-order valence-electron chi connectivity index (χ4n) is 4.65. The van der Waals surface area contributed by atoms with Crippen molar-refractivity contribution in [2.45, 2.75) is 0 Å². The van der Waals surface area contributed by atoms with Crippen LogP contribution in [0.1, 0.15) is 10.4 Å². The normalized spacial score (nSPS) is 14.3. The zero-order valence-electron chi connectivity index (χ0n) is 20.8. The van der Waals surface area contributed by atoms with Crippen molar-refractivity contribution in [2.24, 2.45) is 0 Å². The third-order valence-corrected chi connectivity index (χ3v) is 6.77. The lowest BCUT2D eigenvalue weighted by atomic mass is 10.1. The summed E-state index contributed by atoms with van der Waals surface area (Å²) in [6.07, 6.45) is 0. The lowest BCUT2D eigenvalue weighted by Crippen LogP contribution is -2.47. The van der Waals surface area contributed by atoms with Crippen LogP contribution in [0.15, 0.2) is 72.8 Å². The number of amides is 1. The molecular weight excluding hydrogens is 466 g/mol. The molecule has 3 aromatic carbocycles. The molecule has 2 aromatic heterocycles. The summed E-state index contributed by atoms with van der Waals surface area (Å²) in [6, 6.07) is 23.2. The van der Waals surface area contributed by atoms with Crippen LogP contribution in [0.25, 0.3) is 27.8 Å². The molecular formula is C28H27N7O2. The zero-order valence-corrected chi connectivity index (χ0v) is 20.8. The second kappa shape index (κ2) is 9.51. The number of nitrogens with zero attached hydrogens (tertiary/aromatic N) is 6. The summed E-state index contributed by atoms with van der Waals surface area (Å²) in [5, 5.41) is 19.1. The van der Waals surface area contributed by atoms with Crippen molar-refractivity contribution in [3.05, 3.63) is 78.4 Å². The number of aromatic nitrogens is 4. The summed E-state index contributed by atoms with van der Waals surface area (Å²) in [4.78, 5) is 17.3. The highest BCUT2D eigenvalue weighted by Gasteiger charge is 2.21. The van der Waals surface area contributed by atoms with Crippen molar-refractivity contribution in [3.8, 4) is 17.1 Å². The van der Waals surface area contributed by atoms with Crippen molar-refractivity contribution in [1.82, 2.24) is 29.6 Å². The van der Waals surface area contributed by atoms with Crippen LogP contribution in [0, 0.1) is 0 Å². The minimum Gasteiger partial charge on any atom is -0.497 e. The predicted molar refractivity (Wildman–Crippen MR) is 143 cm³/mol. The molecule has 1 fully saturated rings. The van der Waals surface area contributed by atoms with Gasteiger partial charge in [0.05, 0.1) is 7.11 Å². The van der Waals surface area contributed by atoms with Crippen LogP contribution < -0.4 is 10.1 Å². The van der Waals surface area contributed by atoms with Gasteiger partial charge in [-0.3, -0.25) is 4.79 Å². The molecule has 1 N–H and O–H groups in total. The van der Waals surface area contributed by atoms with Crippen molar-refractivity contribution in [3.63, 3.8) is 0 Å². The van der Waals surface area contributed by atoms with Crippen molar-refractivity contribution in [2.75, 3.05) is 45.7 Å². The summed E-state index contributed by atoms with van der Waals surface area (Å²) in [6.45, 7) is 3.24. The molecule has 3 heterocycles. The molecule has 0 atom stereocenters. The van der Waals surface area contributed by atoms with E-state index in [0.717, 1.165) is 54.0 Å². The first kappa shape index (κ1) is 22.9. The van der Waals surface area contributed by atoms with Crippen LogP contribution in [0.2, 0.25) is 0 Å². The smallest absolute Gasteiger partial charge is 0.254 e. The van der Waals surface area contributed by atoms with E-state index in [2.05, 4.69) is 27.5 Å². The van der Waals surface area contributed by atoms with E-state index in [4.69, 9.17) is 9.84 Å². The number of carbonyl (C=O) groups excluding carboxylic acids is 1. The Bertz CT molecular complexity index is 1590. The fourth-order valence-corrected chi connectivity index (χ4v) is 4.65. The molecule has 1 amide bonds. The second-order valence-corrected chi connectivity index (χ2v) is 9.18. The average molecular weight is 494 g/mol. The molecule has 0 unspecified atom stereocenters. The number of likely N-dealkylation sites (N-methyl/N-ethyl adjacent to an activating group) is 1. The Balaban J connectivity index is 1.38. The molecule has 1 saturated heterocycles. The highest BCUT2D eigenvalue weighted by molar-refractivity contribution is 6.01. The monoisotopic (exact) mass is 493 g/mol. The van der Waals surface area contributed by atoms with Gasteiger partial charge in [0.1, 0.15) is 5.75 Å². The van der Waals surface area contributed by atoms with E-state index in [-0.39, 0.29) is 5.91 Å². The standard InChI is InChI=1S/C28H27N7O2/c1-33-14-16-34(17-15-33)28(36)20-6-5-7-21(18-20)29-25-23-8-3-4-9-24(23)27-31-30-26(35(27)32-25)19-10-12-22(37-2)13-11-19/h3-13,18H,14-17H2,1-2H3,(H,29,32). The minimum absolute atomic E-state index is 0.0469. The van der Waals surface area contributed by atoms with Gasteiger partial charge in [0, 0.05) is 53.8 Å². The molecule has 0 radical (unpaired) electrons. The third kappa shape index (κ3) is 4.34. The molecule has 5 aromatic rings. The van der Waals surface area contributed by atoms with E-state index < -0.39 is 0 Å². The highest BCUT2D eigenvalue weighted by Crippen LogP contribution is 2.30. The van der Waals surface area contributed by atoms with Crippen LogP contribution in [0.5, 0.6) is 5.75 Å². The molecule has 1 aliphatic heterocycles. The fraction of sp³-hybridized carbons (Fsp3) is 0.214. The molecule has 9 heteroatoms. The topological polar surface area (TPSA) is 87.9 Å². The number of piperazine rings is 1. The number of methoxy groups -OCH3 is 1. The van der Waals surface area contributed by atoms with Gasteiger partial charge in [-0.25, -0.2) is 0 Å². The summed E-state index contributed by atoms with van der Waals surface area (Å²) < 4.78 is 7.05. The molecule has 9 nitrogen and oxygen atoms in total. The van der Waals surface area contributed by atoms with Crippen LogP contribution in [-0.2, 0) is 0 Å². The Morgan fingerprint density at radius 1 is 0.892 bits per heavy atom. The Labute approximate surface area is 214 Å². The number of anilines is 2. The maximum absolute atomic E-state index is 13.1. The third-order valence-electron chi connectivity index (χ3n) is 6.77. The van der Waals surface area contributed by atoms with Gasteiger partial charge >= 0.3 is 0 Å². The SMILES string of the molecule is COc1ccc(-c2nnc3c4ccccc4c(Nc4cccc(C(=O)N5CCN(C)CC5)c4)nn23)cc1.